The topological polar surface area (TPSA) is 98.7 Å². The number of benzene rings is 1. The molecular formula is C15H21ClF3N3O4. The highest BCUT2D eigenvalue weighted by Gasteiger charge is 2.30. The molecule has 11 heteroatoms. The van der Waals surface area contributed by atoms with E-state index in [2.05, 4.69) is 4.74 Å². The Morgan fingerprint density at radius 3 is 2.38 bits per heavy atom. The van der Waals surface area contributed by atoms with Crippen molar-refractivity contribution in [1.82, 2.24) is 4.90 Å². The minimum absolute atomic E-state index is 0. The third-order valence-corrected chi connectivity index (χ3v) is 3.36. The first kappa shape index (κ1) is 23.9. The van der Waals surface area contributed by atoms with Crippen LogP contribution in [0.1, 0.15) is 24.2 Å². The number of hydrogen-bond acceptors (Lipinski definition) is 5. The summed E-state index contributed by atoms with van der Waals surface area (Å²) in [5.41, 5.74) is 4.32. The summed E-state index contributed by atoms with van der Waals surface area (Å²) in [5, 5.41) is 11.1. The number of carbonyl (C=O) groups excluding carboxylic acids is 1. The van der Waals surface area contributed by atoms with Gasteiger partial charge in [0, 0.05) is 19.7 Å². The number of halogens is 4. The molecule has 1 aromatic carbocycles. The van der Waals surface area contributed by atoms with Crippen molar-refractivity contribution < 1.29 is 27.6 Å². The Balaban J connectivity index is 0.00000625. The van der Waals surface area contributed by atoms with Crippen molar-refractivity contribution >= 4 is 24.0 Å². The average Bonchev–Trinajstić information content (AvgIpc) is 2.50. The van der Waals surface area contributed by atoms with Gasteiger partial charge in [0.1, 0.15) is 11.3 Å². The highest BCUT2D eigenvalue weighted by atomic mass is 35.5. The highest BCUT2D eigenvalue weighted by Crippen LogP contribution is 2.27. The third-order valence-electron chi connectivity index (χ3n) is 3.36. The molecule has 0 aromatic heterocycles. The standard InChI is InChI=1S/C15H20F3N3O4.ClH/c1-14(2,7-19)8-20(3)13(22)11-6-10(25-9-15(16,17)18)4-5-12(11)21(23)24;/h4-6H,7-9,19H2,1-3H3;1H. The average molecular weight is 400 g/mol. The fraction of sp³-hybridized carbons (Fsp3) is 0.533. The van der Waals surface area contributed by atoms with E-state index in [1.807, 2.05) is 13.8 Å². The van der Waals surface area contributed by atoms with Crippen molar-refractivity contribution in [3.63, 3.8) is 0 Å². The second-order valence-electron chi connectivity index (χ2n) is 6.37. The zero-order valence-corrected chi connectivity index (χ0v) is 15.3. The van der Waals surface area contributed by atoms with Crippen LogP contribution in [-0.4, -0.2) is 48.7 Å². The molecule has 0 radical (unpaired) electrons. The van der Waals surface area contributed by atoms with E-state index < -0.39 is 34.7 Å². The largest absolute Gasteiger partial charge is 0.484 e. The summed E-state index contributed by atoms with van der Waals surface area (Å²) in [6, 6.07) is 2.91. The van der Waals surface area contributed by atoms with E-state index in [1.54, 1.807) is 0 Å². The van der Waals surface area contributed by atoms with Crippen LogP contribution in [0.4, 0.5) is 18.9 Å². The SMILES string of the molecule is CN(CC(C)(C)CN)C(=O)c1cc(OCC(F)(F)F)ccc1[N+](=O)[O-].Cl. The Morgan fingerprint density at radius 1 is 1.35 bits per heavy atom. The predicted molar refractivity (Wildman–Crippen MR) is 91.7 cm³/mol. The fourth-order valence-corrected chi connectivity index (χ4v) is 2.08. The number of ether oxygens (including phenoxy) is 1. The molecule has 0 saturated heterocycles. The minimum atomic E-state index is -4.56. The first-order chi connectivity index (χ1) is 11.4. The van der Waals surface area contributed by atoms with Crippen LogP contribution < -0.4 is 10.5 Å². The monoisotopic (exact) mass is 399 g/mol. The molecule has 0 aliphatic heterocycles. The fourth-order valence-electron chi connectivity index (χ4n) is 2.08. The molecule has 0 heterocycles. The quantitative estimate of drug-likeness (QED) is 0.561. The van der Waals surface area contributed by atoms with Gasteiger partial charge in [-0.2, -0.15) is 13.2 Å². The molecule has 1 amide bonds. The minimum Gasteiger partial charge on any atom is -0.484 e. The van der Waals surface area contributed by atoms with Gasteiger partial charge in [-0.05, 0) is 24.1 Å². The molecule has 26 heavy (non-hydrogen) atoms. The Labute approximate surface area is 154 Å². The highest BCUT2D eigenvalue weighted by molar-refractivity contribution is 5.98. The number of nitro benzene ring substituents is 1. The van der Waals surface area contributed by atoms with Crippen molar-refractivity contribution in [2.45, 2.75) is 20.0 Å². The van der Waals surface area contributed by atoms with E-state index in [-0.39, 0.29) is 36.8 Å². The molecule has 0 atom stereocenters. The third kappa shape index (κ3) is 7.04. The van der Waals surface area contributed by atoms with Crippen LogP contribution in [0.15, 0.2) is 18.2 Å². The molecule has 1 rings (SSSR count). The summed E-state index contributed by atoms with van der Waals surface area (Å²) in [6.07, 6.45) is -4.56. The molecule has 2 N–H and O–H groups in total. The van der Waals surface area contributed by atoms with Crippen LogP contribution >= 0.6 is 12.4 Å². The zero-order chi connectivity index (χ0) is 19.4. The molecule has 7 nitrogen and oxygen atoms in total. The van der Waals surface area contributed by atoms with Crippen molar-refractivity contribution in [3.05, 3.63) is 33.9 Å². The van der Waals surface area contributed by atoms with E-state index in [4.69, 9.17) is 5.73 Å². The molecule has 0 fully saturated rings. The number of rotatable bonds is 7. The maximum Gasteiger partial charge on any atom is 0.422 e. The lowest BCUT2D eigenvalue weighted by molar-refractivity contribution is -0.385. The van der Waals surface area contributed by atoms with Crippen molar-refractivity contribution in [2.75, 3.05) is 26.7 Å². The molecule has 0 aliphatic rings. The number of alkyl halides is 3. The first-order valence-electron chi connectivity index (χ1n) is 7.30. The number of nitro groups is 1. The van der Waals surface area contributed by atoms with E-state index in [1.165, 1.54) is 11.9 Å². The summed E-state index contributed by atoms with van der Waals surface area (Å²) in [4.78, 5) is 24.1. The van der Waals surface area contributed by atoms with Gasteiger partial charge in [0.25, 0.3) is 11.6 Å². The van der Waals surface area contributed by atoms with Gasteiger partial charge in [0.15, 0.2) is 6.61 Å². The lowest BCUT2D eigenvalue weighted by Crippen LogP contribution is -2.40. The maximum atomic E-state index is 12.5. The summed E-state index contributed by atoms with van der Waals surface area (Å²) < 4.78 is 41.3. The van der Waals surface area contributed by atoms with E-state index in [0.29, 0.717) is 0 Å². The molecule has 0 bridgehead atoms. The number of amides is 1. The van der Waals surface area contributed by atoms with Crippen molar-refractivity contribution in [3.8, 4) is 5.75 Å². The van der Waals surface area contributed by atoms with Crippen LogP contribution in [0.2, 0.25) is 0 Å². The normalized spacial score (nSPS) is 11.5. The molecule has 0 spiro atoms. The van der Waals surface area contributed by atoms with Gasteiger partial charge in [-0.15, -0.1) is 12.4 Å². The Morgan fingerprint density at radius 2 is 1.92 bits per heavy atom. The zero-order valence-electron chi connectivity index (χ0n) is 14.5. The lowest BCUT2D eigenvalue weighted by atomic mass is 9.93. The molecule has 148 valence electrons. The molecule has 0 saturated carbocycles. The van der Waals surface area contributed by atoms with Gasteiger partial charge in [-0.25, -0.2) is 0 Å². The van der Waals surface area contributed by atoms with Gasteiger partial charge < -0.3 is 15.4 Å². The van der Waals surface area contributed by atoms with Gasteiger partial charge >= 0.3 is 6.18 Å². The van der Waals surface area contributed by atoms with E-state index >= 15 is 0 Å². The number of nitrogens with two attached hydrogens (primary N) is 1. The molecule has 0 aliphatic carbocycles. The van der Waals surface area contributed by atoms with Gasteiger partial charge in [0.2, 0.25) is 0 Å². The Hall–Kier alpha value is -2.07. The molecular weight excluding hydrogens is 379 g/mol. The Bertz CT molecular complexity index is 654. The van der Waals surface area contributed by atoms with Crippen molar-refractivity contribution in [1.29, 1.82) is 0 Å². The first-order valence-corrected chi connectivity index (χ1v) is 7.30. The summed E-state index contributed by atoms with van der Waals surface area (Å²) in [7, 11) is 1.44. The summed E-state index contributed by atoms with van der Waals surface area (Å²) >= 11 is 0. The van der Waals surface area contributed by atoms with Gasteiger partial charge in [0.05, 0.1) is 4.92 Å². The van der Waals surface area contributed by atoms with Crippen LogP contribution in [0.25, 0.3) is 0 Å². The Kier molecular flexibility index (Phi) is 8.32. The van der Waals surface area contributed by atoms with Gasteiger partial charge in [-0.3, -0.25) is 14.9 Å². The summed E-state index contributed by atoms with van der Waals surface area (Å²) in [5.74, 6) is -0.983. The van der Waals surface area contributed by atoms with E-state index in [0.717, 1.165) is 18.2 Å². The van der Waals surface area contributed by atoms with Crippen LogP contribution in [0.3, 0.4) is 0 Å². The predicted octanol–water partition coefficient (Wildman–Crippen LogP) is 3.01. The second-order valence-corrected chi connectivity index (χ2v) is 6.37. The van der Waals surface area contributed by atoms with Crippen LogP contribution in [0, 0.1) is 15.5 Å². The molecule has 1 aromatic rings. The second kappa shape index (κ2) is 9.04. The van der Waals surface area contributed by atoms with Crippen LogP contribution in [-0.2, 0) is 0 Å². The number of carbonyl (C=O) groups is 1. The van der Waals surface area contributed by atoms with E-state index in [9.17, 15) is 28.1 Å². The number of hydrogen-bond donors (Lipinski definition) is 1. The summed E-state index contributed by atoms with van der Waals surface area (Å²) in [6.45, 7) is 2.56. The van der Waals surface area contributed by atoms with Crippen LogP contribution in [0.5, 0.6) is 5.75 Å². The lowest BCUT2D eigenvalue weighted by Gasteiger charge is -2.29. The maximum absolute atomic E-state index is 12.5. The number of nitrogens with zero attached hydrogens (tertiary/aromatic N) is 2. The smallest absolute Gasteiger partial charge is 0.422 e. The molecule has 0 unspecified atom stereocenters. The van der Waals surface area contributed by atoms with Gasteiger partial charge in [-0.1, -0.05) is 13.8 Å². The van der Waals surface area contributed by atoms with Crippen molar-refractivity contribution in [2.24, 2.45) is 11.1 Å².